The molecule has 2 heteroatoms. The average Bonchev–Trinajstić information content (AvgIpc) is 2.54. The van der Waals surface area contributed by atoms with Crippen LogP contribution < -0.4 is 0 Å². The van der Waals surface area contributed by atoms with E-state index in [-0.39, 0.29) is 0 Å². The molecule has 0 radical (unpaired) electrons. The van der Waals surface area contributed by atoms with Crippen molar-refractivity contribution in [1.82, 2.24) is 4.98 Å². The Labute approximate surface area is 118 Å². The van der Waals surface area contributed by atoms with Crippen molar-refractivity contribution >= 4 is 10.9 Å². The Morgan fingerprint density at radius 3 is 2.50 bits per heavy atom. The van der Waals surface area contributed by atoms with Gasteiger partial charge in [-0.1, -0.05) is 43.3 Å². The first-order chi connectivity index (χ1) is 9.78. The SMILES string of the molecule is CCc1ccc(C(O)c2ccc3ncccc3c2)cc1. The quantitative estimate of drug-likeness (QED) is 0.778. The lowest BCUT2D eigenvalue weighted by Gasteiger charge is -2.12. The van der Waals surface area contributed by atoms with E-state index in [1.807, 2.05) is 42.5 Å². The fourth-order valence-corrected chi connectivity index (χ4v) is 2.39. The number of hydrogen-bond acceptors (Lipinski definition) is 2. The molecule has 0 aliphatic heterocycles. The molecule has 1 heterocycles. The van der Waals surface area contributed by atoms with E-state index in [1.54, 1.807) is 6.20 Å². The number of pyridine rings is 1. The van der Waals surface area contributed by atoms with Gasteiger partial charge in [0, 0.05) is 11.6 Å². The van der Waals surface area contributed by atoms with Crippen molar-refractivity contribution in [3.63, 3.8) is 0 Å². The molecule has 0 spiro atoms. The Hall–Kier alpha value is -2.19. The third-order valence-corrected chi connectivity index (χ3v) is 3.65. The molecule has 2 nitrogen and oxygen atoms in total. The lowest BCUT2D eigenvalue weighted by Crippen LogP contribution is -2.00. The van der Waals surface area contributed by atoms with Crippen molar-refractivity contribution in [1.29, 1.82) is 0 Å². The summed E-state index contributed by atoms with van der Waals surface area (Å²) in [6.45, 7) is 2.13. The second-order valence-electron chi connectivity index (χ2n) is 4.95. The lowest BCUT2D eigenvalue weighted by atomic mass is 9.98. The summed E-state index contributed by atoms with van der Waals surface area (Å²) < 4.78 is 0. The van der Waals surface area contributed by atoms with Crippen molar-refractivity contribution in [2.24, 2.45) is 0 Å². The molecular formula is C18H17NO. The topological polar surface area (TPSA) is 33.1 Å². The van der Waals surface area contributed by atoms with E-state index in [2.05, 4.69) is 24.0 Å². The van der Waals surface area contributed by atoms with Crippen molar-refractivity contribution in [2.45, 2.75) is 19.4 Å². The van der Waals surface area contributed by atoms with Crippen molar-refractivity contribution in [2.75, 3.05) is 0 Å². The average molecular weight is 263 g/mol. The van der Waals surface area contributed by atoms with Gasteiger partial charge >= 0.3 is 0 Å². The highest BCUT2D eigenvalue weighted by molar-refractivity contribution is 5.79. The second-order valence-corrected chi connectivity index (χ2v) is 4.95. The number of benzene rings is 2. The maximum Gasteiger partial charge on any atom is 0.104 e. The molecular weight excluding hydrogens is 246 g/mol. The molecule has 0 saturated heterocycles. The highest BCUT2D eigenvalue weighted by Gasteiger charge is 2.10. The minimum absolute atomic E-state index is 0.592. The summed E-state index contributed by atoms with van der Waals surface area (Å²) in [5, 5.41) is 11.5. The molecule has 3 rings (SSSR count). The highest BCUT2D eigenvalue weighted by atomic mass is 16.3. The molecule has 20 heavy (non-hydrogen) atoms. The first-order valence-corrected chi connectivity index (χ1v) is 6.89. The normalized spacial score (nSPS) is 12.5. The molecule has 1 N–H and O–H groups in total. The number of aromatic nitrogens is 1. The number of aliphatic hydroxyl groups is 1. The first kappa shape index (κ1) is 12.8. The Kier molecular flexibility index (Phi) is 3.48. The van der Waals surface area contributed by atoms with Gasteiger partial charge in [-0.3, -0.25) is 4.98 Å². The summed E-state index contributed by atoms with van der Waals surface area (Å²) in [6.07, 6.45) is 2.20. The zero-order valence-corrected chi connectivity index (χ0v) is 11.5. The number of hydrogen-bond donors (Lipinski definition) is 1. The molecule has 0 bridgehead atoms. The van der Waals surface area contributed by atoms with Crippen LogP contribution in [0.25, 0.3) is 10.9 Å². The third-order valence-electron chi connectivity index (χ3n) is 3.65. The number of fused-ring (bicyclic) bond motifs is 1. The molecule has 1 unspecified atom stereocenters. The lowest BCUT2D eigenvalue weighted by molar-refractivity contribution is 0.220. The molecule has 2 aromatic carbocycles. The molecule has 0 amide bonds. The van der Waals surface area contributed by atoms with E-state index in [4.69, 9.17) is 0 Å². The number of aryl methyl sites for hydroxylation is 1. The molecule has 0 fully saturated rings. The van der Waals surface area contributed by atoms with Crippen LogP contribution in [0.2, 0.25) is 0 Å². The minimum atomic E-state index is -0.592. The molecule has 3 aromatic rings. The van der Waals surface area contributed by atoms with Gasteiger partial charge in [-0.2, -0.15) is 0 Å². The third kappa shape index (κ3) is 2.43. The first-order valence-electron chi connectivity index (χ1n) is 6.89. The Morgan fingerprint density at radius 1 is 1.00 bits per heavy atom. The summed E-state index contributed by atoms with van der Waals surface area (Å²) in [7, 11) is 0. The van der Waals surface area contributed by atoms with E-state index in [0.29, 0.717) is 0 Å². The molecule has 1 atom stereocenters. The summed E-state index contributed by atoms with van der Waals surface area (Å²) in [5.74, 6) is 0. The summed E-state index contributed by atoms with van der Waals surface area (Å²) in [5.41, 5.74) is 4.05. The minimum Gasteiger partial charge on any atom is -0.384 e. The molecule has 0 aliphatic rings. The second kappa shape index (κ2) is 5.43. The molecule has 100 valence electrons. The zero-order chi connectivity index (χ0) is 13.9. The molecule has 0 saturated carbocycles. The fraction of sp³-hybridized carbons (Fsp3) is 0.167. The van der Waals surface area contributed by atoms with E-state index < -0.39 is 6.10 Å². The maximum absolute atomic E-state index is 10.5. The van der Waals surface area contributed by atoms with Crippen LogP contribution in [0.3, 0.4) is 0 Å². The van der Waals surface area contributed by atoms with Crippen LogP contribution in [-0.4, -0.2) is 10.1 Å². The van der Waals surface area contributed by atoms with Gasteiger partial charge in [-0.05, 0) is 41.3 Å². The van der Waals surface area contributed by atoms with E-state index in [0.717, 1.165) is 28.5 Å². The zero-order valence-electron chi connectivity index (χ0n) is 11.5. The van der Waals surface area contributed by atoms with Crippen LogP contribution in [0.1, 0.15) is 29.7 Å². The predicted molar refractivity (Wildman–Crippen MR) is 81.6 cm³/mol. The van der Waals surface area contributed by atoms with Crippen LogP contribution in [0.4, 0.5) is 0 Å². The number of aliphatic hydroxyl groups excluding tert-OH is 1. The van der Waals surface area contributed by atoms with Crippen molar-refractivity contribution < 1.29 is 5.11 Å². The van der Waals surface area contributed by atoms with Gasteiger partial charge < -0.3 is 5.11 Å². The van der Waals surface area contributed by atoms with E-state index in [1.165, 1.54) is 5.56 Å². The van der Waals surface area contributed by atoms with Crippen LogP contribution in [0, 0.1) is 0 Å². The number of nitrogens with zero attached hydrogens (tertiary/aromatic N) is 1. The van der Waals surface area contributed by atoms with Gasteiger partial charge in [0.25, 0.3) is 0 Å². The van der Waals surface area contributed by atoms with Crippen LogP contribution in [0.5, 0.6) is 0 Å². The fourth-order valence-electron chi connectivity index (χ4n) is 2.39. The van der Waals surface area contributed by atoms with Crippen molar-refractivity contribution in [3.8, 4) is 0 Å². The molecule has 1 aromatic heterocycles. The Balaban J connectivity index is 1.96. The van der Waals surface area contributed by atoms with E-state index in [9.17, 15) is 5.11 Å². The largest absolute Gasteiger partial charge is 0.384 e. The van der Waals surface area contributed by atoms with Gasteiger partial charge in [0.05, 0.1) is 5.52 Å². The summed E-state index contributed by atoms with van der Waals surface area (Å²) in [4.78, 5) is 4.30. The standard InChI is InChI=1S/C18H17NO/c1-2-13-5-7-14(8-6-13)18(20)16-9-10-17-15(12-16)4-3-11-19-17/h3-12,18,20H,2H2,1H3. The van der Waals surface area contributed by atoms with Crippen molar-refractivity contribution in [3.05, 3.63) is 77.5 Å². The van der Waals surface area contributed by atoms with E-state index >= 15 is 0 Å². The van der Waals surface area contributed by atoms with Crippen LogP contribution in [0.15, 0.2) is 60.8 Å². The smallest absolute Gasteiger partial charge is 0.104 e. The van der Waals surface area contributed by atoms with Crippen LogP contribution in [-0.2, 0) is 6.42 Å². The maximum atomic E-state index is 10.5. The highest BCUT2D eigenvalue weighted by Crippen LogP contribution is 2.25. The predicted octanol–water partition coefficient (Wildman–Crippen LogP) is 3.88. The van der Waals surface area contributed by atoms with Gasteiger partial charge in [-0.15, -0.1) is 0 Å². The number of rotatable bonds is 3. The Bertz CT molecular complexity index is 719. The van der Waals surface area contributed by atoms with Gasteiger partial charge in [-0.25, -0.2) is 0 Å². The molecule has 0 aliphatic carbocycles. The van der Waals surface area contributed by atoms with Gasteiger partial charge in [0.15, 0.2) is 0 Å². The van der Waals surface area contributed by atoms with Crippen LogP contribution >= 0.6 is 0 Å². The Morgan fingerprint density at radius 2 is 1.75 bits per heavy atom. The summed E-state index contributed by atoms with van der Waals surface area (Å²) >= 11 is 0. The van der Waals surface area contributed by atoms with Gasteiger partial charge in [0.2, 0.25) is 0 Å². The monoisotopic (exact) mass is 263 g/mol. The van der Waals surface area contributed by atoms with Gasteiger partial charge in [0.1, 0.15) is 6.10 Å². The summed E-state index contributed by atoms with van der Waals surface area (Å²) in [6, 6.07) is 18.0.